The highest BCUT2D eigenvalue weighted by molar-refractivity contribution is 6.32. The Morgan fingerprint density at radius 3 is 1.58 bits per heavy atom. The smallest absolute Gasteiger partial charge is 0.320 e. The lowest BCUT2D eigenvalue weighted by atomic mass is 9.92. The van der Waals surface area contributed by atoms with Crippen LogP contribution in [0.3, 0.4) is 0 Å². The number of nitriles is 2. The van der Waals surface area contributed by atoms with E-state index < -0.39 is 23.9 Å². The summed E-state index contributed by atoms with van der Waals surface area (Å²) in [7, 11) is 3.05. The normalized spacial score (nSPS) is 11.8. The molecule has 2 unspecified atom stereocenters. The first-order chi connectivity index (χ1) is 34.8. The summed E-state index contributed by atoms with van der Waals surface area (Å²) in [5, 5.41) is 42.2. The molecule has 0 aliphatic heterocycles. The summed E-state index contributed by atoms with van der Waals surface area (Å²) in [5.74, 6) is -0.955. The number of ether oxygens (including phenoxy) is 6. The largest absolute Gasteiger partial charge is 0.488 e. The van der Waals surface area contributed by atoms with Crippen molar-refractivity contribution < 1.29 is 48.2 Å². The maximum absolute atomic E-state index is 12.0. The van der Waals surface area contributed by atoms with Gasteiger partial charge in [0.1, 0.15) is 67.6 Å². The van der Waals surface area contributed by atoms with Gasteiger partial charge < -0.3 is 44.0 Å². The summed E-state index contributed by atoms with van der Waals surface area (Å²) in [6.45, 7) is 5.26. The van der Waals surface area contributed by atoms with Crippen molar-refractivity contribution in [2.45, 2.75) is 78.5 Å². The highest BCUT2D eigenvalue weighted by Gasteiger charge is 2.22. The molecule has 0 saturated carbocycles. The lowest BCUT2D eigenvalue weighted by Crippen LogP contribution is -2.37. The lowest BCUT2D eigenvalue weighted by molar-refractivity contribution is -0.142. The average molecular weight is 1020 g/mol. The van der Waals surface area contributed by atoms with Gasteiger partial charge in [-0.25, -0.2) is 0 Å². The maximum atomic E-state index is 12.0. The van der Waals surface area contributed by atoms with Crippen molar-refractivity contribution in [1.82, 2.24) is 15.3 Å². The van der Waals surface area contributed by atoms with Gasteiger partial charge >= 0.3 is 11.9 Å². The van der Waals surface area contributed by atoms with Gasteiger partial charge in [-0.1, -0.05) is 59.6 Å². The summed E-state index contributed by atoms with van der Waals surface area (Å²) in [6.07, 6.45) is 7.46. The van der Waals surface area contributed by atoms with Crippen LogP contribution < -0.4 is 24.3 Å². The van der Waals surface area contributed by atoms with Crippen molar-refractivity contribution >= 4 is 35.1 Å². The van der Waals surface area contributed by atoms with Crippen LogP contribution in [0.1, 0.15) is 74.9 Å². The van der Waals surface area contributed by atoms with E-state index in [-0.39, 0.29) is 46.0 Å². The number of hydrogen-bond donors (Lipinski definition) is 3. The number of rotatable bonds is 27. The van der Waals surface area contributed by atoms with E-state index in [0.717, 1.165) is 33.4 Å². The number of halogens is 2. The number of aromatic nitrogens is 2. The summed E-state index contributed by atoms with van der Waals surface area (Å²) < 4.78 is 35.6. The van der Waals surface area contributed by atoms with Crippen molar-refractivity contribution in [3.05, 3.63) is 163 Å². The highest BCUT2D eigenvalue weighted by atomic mass is 35.5. The van der Waals surface area contributed by atoms with Crippen LogP contribution in [0.15, 0.2) is 97.6 Å². The number of benzene rings is 4. The van der Waals surface area contributed by atoms with Crippen LogP contribution in [0, 0.1) is 42.4 Å². The minimum atomic E-state index is -1.02. The van der Waals surface area contributed by atoms with Crippen LogP contribution in [-0.4, -0.2) is 65.6 Å². The van der Waals surface area contributed by atoms with E-state index in [4.69, 9.17) is 51.6 Å². The predicted octanol–water partition coefficient (Wildman–Crippen LogP) is 10.4. The molecular weight excluding hydrogens is 962 g/mol. The van der Waals surface area contributed by atoms with E-state index in [9.17, 15) is 30.3 Å². The number of pyridine rings is 2. The van der Waals surface area contributed by atoms with E-state index in [2.05, 4.69) is 27.4 Å². The van der Waals surface area contributed by atoms with Crippen molar-refractivity contribution in [3.63, 3.8) is 0 Å². The third-order valence-corrected chi connectivity index (χ3v) is 12.6. The minimum Gasteiger partial charge on any atom is -0.488 e. The van der Waals surface area contributed by atoms with Gasteiger partial charge in [0.25, 0.3) is 0 Å². The summed E-state index contributed by atoms with van der Waals surface area (Å²) >= 11 is 13.7. The van der Waals surface area contributed by atoms with Gasteiger partial charge in [-0.15, -0.1) is 0 Å². The van der Waals surface area contributed by atoms with Crippen LogP contribution in [0.2, 0.25) is 10.0 Å². The molecule has 0 aliphatic rings. The Morgan fingerprint density at radius 2 is 1.10 bits per heavy atom. The molecule has 0 radical (unpaired) electrons. The molecule has 0 amide bonds. The maximum Gasteiger partial charge on any atom is 0.320 e. The first-order valence-electron chi connectivity index (χ1n) is 23.0. The quantitative estimate of drug-likeness (QED) is 0.0437. The van der Waals surface area contributed by atoms with E-state index in [1.807, 2.05) is 50.2 Å². The van der Waals surface area contributed by atoms with Crippen LogP contribution in [-0.2, 0) is 58.5 Å². The van der Waals surface area contributed by atoms with Crippen molar-refractivity contribution in [2.24, 2.45) is 5.92 Å². The van der Waals surface area contributed by atoms with Crippen molar-refractivity contribution in [2.75, 3.05) is 27.4 Å². The first kappa shape index (κ1) is 54.1. The Bertz CT molecular complexity index is 2740. The molecule has 2 heterocycles. The van der Waals surface area contributed by atoms with Crippen LogP contribution in [0.5, 0.6) is 23.0 Å². The number of carbonyl (C=O) groups is 2. The summed E-state index contributed by atoms with van der Waals surface area (Å²) in [6, 6.07) is 25.5. The van der Waals surface area contributed by atoms with Gasteiger partial charge in [0.15, 0.2) is 0 Å². The number of aryl methyl sites for hydroxylation is 1. The Hall–Kier alpha value is -7.24. The van der Waals surface area contributed by atoms with Gasteiger partial charge in [0, 0.05) is 87.6 Å². The Balaban J connectivity index is 1.21. The number of hydrogen-bond acceptors (Lipinski definition) is 13. The zero-order valence-corrected chi connectivity index (χ0v) is 41.9. The second-order valence-electron chi connectivity index (χ2n) is 16.9. The van der Waals surface area contributed by atoms with E-state index in [1.54, 1.807) is 48.8 Å². The van der Waals surface area contributed by atoms with E-state index >= 15 is 0 Å². The molecule has 6 rings (SSSR count). The number of nitrogens with zero attached hydrogens (tertiary/aromatic N) is 4. The van der Waals surface area contributed by atoms with Gasteiger partial charge in [-0.2, -0.15) is 10.5 Å². The second kappa shape index (κ2) is 26.8. The second-order valence-corrected chi connectivity index (χ2v) is 17.7. The summed E-state index contributed by atoms with van der Waals surface area (Å²) in [5.41, 5.74) is 9.20. The molecule has 3 N–H and O–H groups in total. The molecule has 0 saturated heterocycles. The molecule has 72 heavy (non-hydrogen) atoms. The van der Waals surface area contributed by atoms with Gasteiger partial charge in [0.05, 0.1) is 27.1 Å². The molecule has 0 spiro atoms. The van der Waals surface area contributed by atoms with Gasteiger partial charge in [-0.3, -0.25) is 19.6 Å². The van der Waals surface area contributed by atoms with Crippen LogP contribution >= 0.6 is 23.2 Å². The van der Waals surface area contributed by atoms with Crippen molar-refractivity contribution in [3.8, 4) is 46.3 Å². The molecule has 374 valence electrons. The molecule has 15 nitrogen and oxygen atoms in total. The Kier molecular flexibility index (Phi) is 20.2. The first-order valence-corrected chi connectivity index (χ1v) is 23.8. The number of carboxylic acid groups (broad SMARTS) is 2. The Labute approximate surface area is 428 Å². The number of methoxy groups -OCH3 is 2. The molecular formula is C55H55Cl2N5O10. The SMILES string of the molecule is COCCC(CCc1cc(Cl)c(OCc2cccc(-c3cccc(COc4cc(OCc5cncc(C#N)c5)c(CNC(CCOC)C(=O)O)cc4Cl)c3C)c2C)cc1OCc1cncc(C#N)c1)C(=O)O. The van der Waals surface area contributed by atoms with Crippen molar-refractivity contribution in [1.29, 1.82) is 10.5 Å². The third kappa shape index (κ3) is 14.9. The predicted molar refractivity (Wildman–Crippen MR) is 270 cm³/mol. The third-order valence-electron chi connectivity index (χ3n) is 12.0. The minimum absolute atomic E-state index is 0.0764. The molecule has 0 aliphatic carbocycles. The Morgan fingerprint density at radius 1 is 0.611 bits per heavy atom. The number of nitrogens with one attached hydrogen (secondary N) is 1. The monoisotopic (exact) mass is 1020 g/mol. The standard InChI is InChI=1S/C55H55Cl2N5O10/c1-34-42(32-71-52-21-50(69-30-38-17-36(23-58)25-60-27-38)41(19-47(52)56)12-11-40(54(63)64)13-15-67-3)7-5-9-45(34)46-10-6-8-43(35(46)2)33-72-53-22-51(70-31-39-18-37(24-59)26-61-28-39)44(20-48(53)57)29-62-49(55(65)66)14-16-68-4/h5-10,17-22,25-28,40,49,62H,11-16,29-33H2,1-4H3,(H,63,64)(H,65,66). The molecule has 2 aromatic heterocycles. The van der Waals surface area contributed by atoms with E-state index in [1.165, 1.54) is 26.6 Å². The fourth-order valence-electron chi connectivity index (χ4n) is 7.89. The lowest BCUT2D eigenvalue weighted by Gasteiger charge is -2.19. The van der Waals surface area contributed by atoms with Gasteiger partial charge in [-0.05, 0) is 103 Å². The van der Waals surface area contributed by atoms with Gasteiger partial charge in [0.2, 0.25) is 0 Å². The molecule has 17 heteroatoms. The molecule has 6 aromatic rings. The number of carboxylic acids is 2. The number of aliphatic carboxylic acids is 2. The zero-order chi connectivity index (χ0) is 51.6. The topological polar surface area (TPSA) is 215 Å². The van der Waals surface area contributed by atoms with E-state index in [0.29, 0.717) is 92.3 Å². The molecule has 4 aromatic carbocycles. The highest BCUT2D eigenvalue weighted by Crippen LogP contribution is 2.38. The fraction of sp³-hybridized carbons (Fsp3) is 0.309. The van der Waals surface area contributed by atoms with Crippen LogP contribution in [0.4, 0.5) is 0 Å². The molecule has 0 bridgehead atoms. The zero-order valence-electron chi connectivity index (χ0n) is 40.4. The average Bonchev–Trinajstić information content (AvgIpc) is 3.38. The molecule has 0 fully saturated rings. The van der Waals surface area contributed by atoms with Crippen LogP contribution in [0.25, 0.3) is 11.1 Å². The summed E-state index contributed by atoms with van der Waals surface area (Å²) in [4.78, 5) is 32.3. The molecule has 2 atom stereocenters. The fourth-order valence-corrected chi connectivity index (χ4v) is 8.37.